The van der Waals surface area contributed by atoms with Gasteiger partial charge in [-0.1, -0.05) is 13.8 Å². The van der Waals surface area contributed by atoms with Crippen molar-refractivity contribution in [3.63, 3.8) is 0 Å². The van der Waals surface area contributed by atoms with E-state index < -0.39 is 0 Å². The molecule has 0 N–H and O–H groups in total. The summed E-state index contributed by atoms with van der Waals surface area (Å²) in [5, 5.41) is 0. The second-order valence-corrected chi connectivity index (χ2v) is 3.07. The van der Waals surface area contributed by atoms with Crippen LogP contribution in [0.5, 0.6) is 0 Å². The highest BCUT2D eigenvalue weighted by atomic mass is 19.1. The summed E-state index contributed by atoms with van der Waals surface area (Å²) in [5.74, 6) is 0.299. The van der Waals surface area contributed by atoms with Crippen molar-refractivity contribution in [1.82, 2.24) is 4.98 Å². The van der Waals surface area contributed by atoms with E-state index >= 15 is 0 Å². The highest BCUT2D eigenvalue weighted by Gasteiger charge is 2.02. The minimum atomic E-state index is -0.193. The Morgan fingerprint density at radius 3 is 2.82 bits per heavy atom. The van der Waals surface area contributed by atoms with Gasteiger partial charge in [-0.05, 0) is 24.0 Å². The molecule has 0 saturated heterocycles. The molecule has 1 heterocycles. The highest BCUT2D eigenvalue weighted by molar-refractivity contribution is 5.12. The lowest BCUT2D eigenvalue weighted by Crippen LogP contribution is -1.97. The number of hydrogen-bond donors (Lipinski definition) is 0. The maximum atomic E-state index is 12.9. The Hall–Kier alpha value is -0.920. The van der Waals surface area contributed by atoms with E-state index in [0.717, 1.165) is 12.0 Å². The average molecular weight is 153 g/mol. The van der Waals surface area contributed by atoms with E-state index in [2.05, 4.69) is 18.8 Å². The molecule has 0 atom stereocenters. The molecule has 0 spiro atoms. The Bertz CT molecular complexity index is 233. The standard InChI is InChI=1S/C9H12FN/c1-7(2)5-8-3-4-11-6-9(8)10/h3-4,6-7H,5H2,1-2H3. The molecule has 0 saturated carbocycles. The van der Waals surface area contributed by atoms with Gasteiger partial charge < -0.3 is 0 Å². The summed E-state index contributed by atoms with van der Waals surface area (Å²) >= 11 is 0. The SMILES string of the molecule is CC(C)Cc1ccncc1F. The van der Waals surface area contributed by atoms with Crippen LogP contribution >= 0.6 is 0 Å². The van der Waals surface area contributed by atoms with E-state index in [4.69, 9.17) is 0 Å². The van der Waals surface area contributed by atoms with Crippen molar-refractivity contribution >= 4 is 0 Å². The van der Waals surface area contributed by atoms with Crippen LogP contribution in [-0.2, 0) is 6.42 Å². The van der Waals surface area contributed by atoms with Gasteiger partial charge in [-0.3, -0.25) is 4.98 Å². The fourth-order valence-electron chi connectivity index (χ4n) is 1.01. The van der Waals surface area contributed by atoms with Gasteiger partial charge in [0.05, 0.1) is 6.20 Å². The fraction of sp³-hybridized carbons (Fsp3) is 0.444. The van der Waals surface area contributed by atoms with Gasteiger partial charge in [0, 0.05) is 6.20 Å². The van der Waals surface area contributed by atoms with Crippen LogP contribution in [0.1, 0.15) is 19.4 Å². The molecule has 0 aliphatic heterocycles. The Morgan fingerprint density at radius 2 is 2.27 bits per heavy atom. The summed E-state index contributed by atoms with van der Waals surface area (Å²) < 4.78 is 12.9. The van der Waals surface area contributed by atoms with Crippen molar-refractivity contribution in [2.75, 3.05) is 0 Å². The molecule has 2 heteroatoms. The predicted molar refractivity (Wildman–Crippen MR) is 42.7 cm³/mol. The van der Waals surface area contributed by atoms with Crippen LogP contribution < -0.4 is 0 Å². The van der Waals surface area contributed by atoms with Crippen LogP contribution in [0.3, 0.4) is 0 Å². The molecule has 0 amide bonds. The third-order valence-electron chi connectivity index (χ3n) is 1.48. The van der Waals surface area contributed by atoms with Gasteiger partial charge in [-0.25, -0.2) is 4.39 Å². The molecule has 1 rings (SSSR count). The van der Waals surface area contributed by atoms with Crippen LogP contribution in [0.2, 0.25) is 0 Å². The molecule has 11 heavy (non-hydrogen) atoms. The first kappa shape index (κ1) is 8.18. The molecule has 1 nitrogen and oxygen atoms in total. The van der Waals surface area contributed by atoms with Crippen LogP contribution in [0.4, 0.5) is 4.39 Å². The summed E-state index contributed by atoms with van der Waals surface area (Å²) in [6.07, 6.45) is 3.67. The smallest absolute Gasteiger partial charge is 0.144 e. The molecule has 0 aliphatic carbocycles. The molecule has 0 unspecified atom stereocenters. The average Bonchev–Trinajstić information content (AvgIpc) is 1.93. The molecule has 1 aromatic rings. The summed E-state index contributed by atoms with van der Waals surface area (Å²) in [6, 6.07) is 1.73. The molecule has 0 aromatic carbocycles. The van der Waals surface area contributed by atoms with Crippen molar-refractivity contribution < 1.29 is 4.39 Å². The van der Waals surface area contributed by atoms with Crippen LogP contribution in [-0.4, -0.2) is 4.98 Å². The molecular weight excluding hydrogens is 141 g/mol. The van der Waals surface area contributed by atoms with E-state index in [1.165, 1.54) is 6.20 Å². The molecular formula is C9H12FN. The number of halogens is 1. The monoisotopic (exact) mass is 153 g/mol. The van der Waals surface area contributed by atoms with Crippen molar-refractivity contribution in [1.29, 1.82) is 0 Å². The van der Waals surface area contributed by atoms with Gasteiger partial charge in [0.25, 0.3) is 0 Å². The van der Waals surface area contributed by atoms with Crippen molar-refractivity contribution in [3.05, 3.63) is 29.8 Å². The second-order valence-electron chi connectivity index (χ2n) is 3.07. The number of hydrogen-bond acceptors (Lipinski definition) is 1. The summed E-state index contributed by atoms with van der Waals surface area (Å²) in [6.45, 7) is 4.14. The largest absolute Gasteiger partial charge is 0.262 e. The predicted octanol–water partition coefficient (Wildman–Crippen LogP) is 2.42. The van der Waals surface area contributed by atoms with E-state index in [-0.39, 0.29) is 5.82 Å². The quantitative estimate of drug-likeness (QED) is 0.635. The number of rotatable bonds is 2. The number of aromatic nitrogens is 1. The normalized spacial score (nSPS) is 10.5. The minimum Gasteiger partial charge on any atom is -0.262 e. The molecule has 0 fully saturated rings. The van der Waals surface area contributed by atoms with Gasteiger partial charge in [0.1, 0.15) is 5.82 Å². The first-order valence-electron chi connectivity index (χ1n) is 3.78. The van der Waals surface area contributed by atoms with Crippen LogP contribution in [0.25, 0.3) is 0 Å². The zero-order valence-corrected chi connectivity index (χ0v) is 6.84. The number of pyridine rings is 1. The van der Waals surface area contributed by atoms with Crippen LogP contribution in [0.15, 0.2) is 18.5 Å². The van der Waals surface area contributed by atoms with Crippen molar-refractivity contribution in [2.24, 2.45) is 5.92 Å². The Kier molecular flexibility index (Phi) is 2.58. The van der Waals surface area contributed by atoms with Gasteiger partial charge in [0.15, 0.2) is 0 Å². The maximum Gasteiger partial charge on any atom is 0.144 e. The molecule has 60 valence electrons. The lowest BCUT2D eigenvalue weighted by Gasteiger charge is -2.04. The van der Waals surface area contributed by atoms with Gasteiger partial charge in [0.2, 0.25) is 0 Å². The summed E-state index contributed by atoms with van der Waals surface area (Å²) in [4.78, 5) is 3.68. The highest BCUT2D eigenvalue weighted by Crippen LogP contribution is 2.10. The third kappa shape index (κ3) is 2.30. The minimum absolute atomic E-state index is 0.193. The Morgan fingerprint density at radius 1 is 1.55 bits per heavy atom. The fourth-order valence-corrected chi connectivity index (χ4v) is 1.01. The summed E-state index contributed by atoms with van der Waals surface area (Å²) in [5.41, 5.74) is 0.759. The van der Waals surface area contributed by atoms with E-state index in [0.29, 0.717) is 5.92 Å². The van der Waals surface area contributed by atoms with Gasteiger partial charge in [-0.2, -0.15) is 0 Å². The van der Waals surface area contributed by atoms with Gasteiger partial charge in [-0.15, -0.1) is 0 Å². The van der Waals surface area contributed by atoms with Crippen molar-refractivity contribution in [3.8, 4) is 0 Å². The van der Waals surface area contributed by atoms with Crippen molar-refractivity contribution in [2.45, 2.75) is 20.3 Å². The molecule has 1 aromatic heterocycles. The zero-order valence-electron chi connectivity index (χ0n) is 6.84. The van der Waals surface area contributed by atoms with E-state index in [1.807, 2.05) is 0 Å². The number of nitrogens with zero attached hydrogens (tertiary/aromatic N) is 1. The van der Waals surface area contributed by atoms with Gasteiger partial charge >= 0.3 is 0 Å². The molecule has 0 radical (unpaired) electrons. The molecule has 0 aliphatic rings. The molecule has 0 bridgehead atoms. The lowest BCUT2D eigenvalue weighted by atomic mass is 10.0. The first-order chi connectivity index (χ1) is 5.20. The van der Waals surface area contributed by atoms with E-state index in [9.17, 15) is 4.39 Å². The van der Waals surface area contributed by atoms with Crippen LogP contribution in [0, 0.1) is 11.7 Å². The third-order valence-corrected chi connectivity index (χ3v) is 1.48. The second kappa shape index (κ2) is 3.46. The lowest BCUT2D eigenvalue weighted by molar-refractivity contribution is 0.569. The topological polar surface area (TPSA) is 12.9 Å². The summed E-state index contributed by atoms with van der Waals surface area (Å²) in [7, 11) is 0. The Labute approximate surface area is 66.3 Å². The Balaban J connectivity index is 2.78. The maximum absolute atomic E-state index is 12.9. The zero-order chi connectivity index (χ0) is 8.27. The first-order valence-corrected chi connectivity index (χ1v) is 3.78. The van der Waals surface area contributed by atoms with E-state index in [1.54, 1.807) is 12.3 Å².